The topological polar surface area (TPSA) is 116 Å². The number of aliphatic hydroxyl groups is 1. The van der Waals surface area contributed by atoms with E-state index in [4.69, 9.17) is 0 Å². The van der Waals surface area contributed by atoms with E-state index >= 15 is 0 Å². The van der Waals surface area contributed by atoms with Crippen LogP contribution in [0.4, 0.5) is 16.3 Å². The van der Waals surface area contributed by atoms with Crippen LogP contribution in [0.1, 0.15) is 10.4 Å². The zero-order valence-corrected chi connectivity index (χ0v) is 13.6. The fourth-order valence-electron chi connectivity index (χ4n) is 2.56. The van der Waals surface area contributed by atoms with Crippen LogP contribution >= 0.6 is 0 Å². The van der Waals surface area contributed by atoms with Crippen molar-refractivity contribution in [1.82, 2.24) is 9.78 Å². The van der Waals surface area contributed by atoms with E-state index in [1.807, 2.05) is 30.3 Å². The maximum absolute atomic E-state index is 12.4. The van der Waals surface area contributed by atoms with Gasteiger partial charge in [0.15, 0.2) is 0 Å². The van der Waals surface area contributed by atoms with Crippen LogP contribution in [0.2, 0.25) is 0 Å². The monoisotopic (exact) mass is 352 g/mol. The third-order valence-electron chi connectivity index (χ3n) is 3.67. The Bertz CT molecular complexity index is 1000. The average molecular weight is 352 g/mol. The molecule has 0 unspecified atom stereocenters. The lowest BCUT2D eigenvalue weighted by Gasteiger charge is -2.12. The second-order valence-corrected chi connectivity index (χ2v) is 5.54. The molecular formula is C18H16N4O4. The van der Waals surface area contributed by atoms with Crippen LogP contribution in [0, 0.1) is 0 Å². The number of carbonyl (C=O) groups is 2. The number of urea groups is 1. The Morgan fingerprint density at radius 3 is 2.54 bits per heavy atom. The van der Waals surface area contributed by atoms with Crippen molar-refractivity contribution < 1.29 is 19.8 Å². The summed E-state index contributed by atoms with van der Waals surface area (Å²) in [7, 11) is 0. The molecule has 0 aliphatic carbocycles. The minimum Gasteiger partial charge on any atom is -0.511 e. The van der Waals surface area contributed by atoms with Gasteiger partial charge in [0.2, 0.25) is 0 Å². The molecule has 0 bridgehead atoms. The molecule has 2 amide bonds. The van der Waals surface area contributed by atoms with Crippen LogP contribution in [-0.2, 0) is 6.54 Å². The van der Waals surface area contributed by atoms with Gasteiger partial charge in [-0.15, -0.1) is 0 Å². The van der Waals surface area contributed by atoms with Gasteiger partial charge in [-0.2, -0.15) is 5.10 Å². The van der Waals surface area contributed by atoms with Gasteiger partial charge in [-0.1, -0.05) is 43.0 Å². The van der Waals surface area contributed by atoms with E-state index in [0.29, 0.717) is 5.69 Å². The summed E-state index contributed by atoms with van der Waals surface area (Å²) in [4.78, 5) is 23.7. The molecule has 0 radical (unpaired) electrons. The molecule has 8 heteroatoms. The predicted molar refractivity (Wildman–Crippen MR) is 97.5 cm³/mol. The number of rotatable bonds is 5. The van der Waals surface area contributed by atoms with E-state index in [0.717, 1.165) is 21.7 Å². The van der Waals surface area contributed by atoms with Crippen molar-refractivity contribution in [3.63, 3.8) is 0 Å². The Balaban J connectivity index is 1.87. The summed E-state index contributed by atoms with van der Waals surface area (Å²) in [5.41, 5.74) is 0.384. The minimum absolute atomic E-state index is 0.0505. The molecule has 3 aromatic rings. The number of aromatic carboxylic acids is 1. The zero-order valence-electron chi connectivity index (χ0n) is 13.6. The zero-order chi connectivity index (χ0) is 18.7. The van der Waals surface area contributed by atoms with Gasteiger partial charge in [-0.3, -0.25) is 5.32 Å². The van der Waals surface area contributed by atoms with Crippen LogP contribution in [0.25, 0.3) is 10.8 Å². The van der Waals surface area contributed by atoms with Crippen molar-refractivity contribution in [2.75, 3.05) is 10.6 Å². The van der Waals surface area contributed by atoms with Crippen LogP contribution in [0.3, 0.4) is 0 Å². The first-order chi connectivity index (χ1) is 12.5. The number of hydrogen-bond donors (Lipinski definition) is 4. The van der Waals surface area contributed by atoms with E-state index in [2.05, 4.69) is 22.3 Å². The number of amides is 2. The normalized spacial score (nSPS) is 10.5. The molecule has 4 N–H and O–H groups in total. The molecule has 1 heterocycles. The molecule has 0 aliphatic heterocycles. The first-order valence-electron chi connectivity index (χ1n) is 7.67. The summed E-state index contributed by atoms with van der Waals surface area (Å²) in [6.07, 6.45) is 1.10. The van der Waals surface area contributed by atoms with Gasteiger partial charge in [-0.05, 0) is 11.5 Å². The van der Waals surface area contributed by atoms with Gasteiger partial charge in [0, 0.05) is 5.39 Å². The van der Waals surface area contributed by atoms with Crippen molar-refractivity contribution >= 4 is 34.3 Å². The smallest absolute Gasteiger partial charge is 0.341 e. The molecule has 0 atom stereocenters. The van der Waals surface area contributed by atoms with Crippen molar-refractivity contribution in [2.45, 2.75) is 6.54 Å². The molecule has 0 aliphatic rings. The van der Waals surface area contributed by atoms with Gasteiger partial charge in [0.1, 0.15) is 17.1 Å². The SMILES string of the molecule is C=C(O)Cn1ncc(C(=O)O)c1NC(=O)Nc1cccc2ccccc12. The molecular weight excluding hydrogens is 336 g/mol. The number of nitrogens with zero attached hydrogens (tertiary/aromatic N) is 2. The van der Waals surface area contributed by atoms with E-state index in [-0.39, 0.29) is 23.7 Å². The lowest BCUT2D eigenvalue weighted by molar-refractivity contribution is 0.0698. The number of hydrogen-bond acceptors (Lipinski definition) is 4. The molecule has 0 fully saturated rings. The fourth-order valence-corrected chi connectivity index (χ4v) is 2.56. The average Bonchev–Trinajstić information content (AvgIpc) is 2.97. The first-order valence-corrected chi connectivity index (χ1v) is 7.67. The van der Waals surface area contributed by atoms with Crippen molar-refractivity contribution in [3.8, 4) is 0 Å². The Morgan fingerprint density at radius 1 is 1.08 bits per heavy atom. The summed E-state index contributed by atoms with van der Waals surface area (Å²) < 4.78 is 1.15. The highest BCUT2D eigenvalue weighted by molar-refractivity contribution is 6.07. The standard InChI is InChI=1S/C18H16N4O4/c1-11(23)10-22-16(14(9-19-22)17(24)25)21-18(26)20-15-8-4-6-12-5-2-3-7-13(12)15/h2-9,23H,1,10H2,(H,24,25)(H2,20,21,26). The Labute approximate surface area is 148 Å². The van der Waals surface area contributed by atoms with Gasteiger partial charge in [-0.25, -0.2) is 14.3 Å². The number of carboxylic acids is 1. The molecule has 2 aromatic carbocycles. The number of carbonyl (C=O) groups excluding carboxylic acids is 1. The van der Waals surface area contributed by atoms with Crippen molar-refractivity contribution in [2.24, 2.45) is 0 Å². The number of aliphatic hydroxyl groups excluding tert-OH is 1. The fraction of sp³-hybridized carbons (Fsp3) is 0.0556. The van der Waals surface area contributed by atoms with Gasteiger partial charge in [0.25, 0.3) is 0 Å². The second kappa shape index (κ2) is 6.98. The highest BCUT2D eigenvalue weighted by Gasteiger charge is 2.19. The number of anilines is 2. The number of carboxylic acid groups (broad SMARTS) is 1. The number of aromatic nitrogens is 2. The number of benzene rings is 2. The molecule has 0 saturated heterocycles. The van der Waals surface area contributed by atoms with Gasteiger partial charge >= 0.3 is 12.0 Å². The maximum Gasteiger partial charge on any atom is 0.341 e. The van der Waals surface area contributed by atoms with Crippen LogP contribution in [-0.4, -0.2) is 32.0 Å². The summed E-state index contributed by atoms with van der Waals surface area (Å²) in [5, 5.41) is 29.4. The number of allylic oxidation sites excluding steroid dienone is 1. The second-order valence-electron chi connectivity index (χ2n) is 5.54. The number of fused-ring (bicyclic) bond motifs is 1. The number of nitrogens with one attached hydrogen (secondary N) is 2. The highest BCUT2D eigenvalue weighted by atomic mass is 16.4. The van der Waals surface area contributed by atoms with Crippen molar-refractivity contribution in [1.29, 1.82) is 0 Å². The Hall–Kier alpha value is -3.81. The third-order valence-corrected chi connectivity index (χ3v) is 3.67. The molecule has 3 rings (SSSR count). The summed E-state index contributed by atoms with van der Waals surface area (Å²) >= 11 is 0. The van der Waals surface area contributed by atoms with Crippen LogP contribution in [0.15, 0.2) is 61.0 Å². The van der Waals surface area contributed by atoms with E-state index in [9.17, 15) is 19.8 Å². The first kappa shape index (κ1) is 17.0. The molecule has 132 valence electrons. The van der Waals surface area contributed by atoms with E-state index in [1.165, 1.54) is 0 Å². The molecule has 1 aromatic heterocycles. The quantitative estimate of drug-likeness (QED) is 0.525. The lowest BCUT2D eigenvalue weighted by atomic mass is 10.1. The lowest BCUT2D eigenvalue weighted by Crippen LogP contribution is -2.23. The third kappa shape index (κ3) is 3.48. The van der Waals surface area contributed by atoms with E-state index in [1.54, 1.807) is 12.1 Å². The van der Waals surface area contributed by atoms with Crippen LogP contribution < -0.4 is 10.6 Å². The maximum atomic E-state index is 12.4. The van der Waals surface area contributed by atoms with Crippen LogP contribution in [0.5, 0.6) is 0 Å². The van der Waals surface area contributed by atoms with Gasteiger partial charge < -0.3 is 15.5 Å². The molecule has 0 spiro atoms. The highest BCUT2D eigenvalue weighted by Crippen LogP contribution is 2.23. The molecule has 8 nitrogen and oxygen atoms in total. The summed E-state index contributed by atoms with van der Waals surface area (Å²) in [6, 6.07) is 12.4. The molecule has 0 saturated carbocycles. The Morgan fingerprint density at radius 2 is 1.81 bits per heavy atom. The predicted octanol–water partition coefficient (Wildman–Crippen LogP) is 3.45. The van der Waals surface area contributed by atoms with Gasteiger partial charge in [0.05, 0.1) is 18.4 Å². The largest absolute Gasteiger partial charge is 0.511 e. The summed E-state index contributed by atoms with van der Waals surface area (Å²) in [6.45, 7) is 3.20. The Kier molecular flexibility index (Phi) is 4.57. The van der Waals surface area contributed by atoms with E-state index < -0.39 is 12.0 Å². The van der Waals surface area contributed by atoms with Crippen molar-refractivity contribution in [3.05, 3.63) is 66.6 Å². The molecule has 26 heavy (non-hydrogen) atoms. The summed E-state index contributed by atoms with van der Waals surface area (Å²) in [5.74, 6) is -1.52. The minimum atomic E-state index is -1.25.